The highest BCUT2D eigenvalue weighted by Gasteiger charge is 2.44. The first-order valence-electron chi connectivity index (χ1n) is 7.09. The van der Waals surface area contributed by atoms with Crippen LogP contribution in [0.4, 0.5) is 0 Å². The van der Waals surface area contributed by atoms with E-state index in [2.05, 4.69) is 19.2 Å². The first-order valence-corrected chi connectivity index (χ1v) is 7.09. The lowest BCUT2D eigenvalue weighted by molar-refractivity contribution is 0.308. The second-order valence-electron chi connectivity index (χ2n) is 6.33. The smallest absolute Gasteiger partial charge is 0.00104 e. The average Bonchev–Trinajstić information content (AvgIpc) is 2.91. The predicted molar refractivity (Wildman–Crippen MR) is 69.3 cm³/mol. The lowest BCUT2D eigenvalue weighted by Crippen LogP contribution is -2.34. The molecule has 2 aliphatic carbocycles. The van der Waals surface area contributed by atoms with Crippen LogP contribution in [-0.4, -0.2) is 19.6 Å². The maximum Gasteiger partial charge on any atom is 0.00104 e. The lowest BCUT2D eigenvalue weighted by Gasteiger charge is -2.23. The molecule has 2 rings (SSSR count). The third-order valence-electron chi connectivity index (χ3n) is 5.12. The molecule has 0 bridgehead atoms. The molecular formula is C14H28N2. The molecule has 2 atom stereocenters. The van der Waals surface area contributed by atoms with Crippen molar-refractivity contribution in [2.24, 2.45) is 28.9 Å². The van der Waals surface area contributed by atoms with Gasteiger partial charge in [-0.05, 0) is 61.9 Å². The van der Waals surface area contributed by atoms with Gasteiger partial charge < -0.3 is 11.1 Å². The molecule has 0 saturated heterocycles. The van der Waals surface area contributed by atoms with E-state index in [0.29, 0.717) is 5.41 Å². The van der Waals surface area contributed by atoms with E-state index in [9.17, 15) is 0 Å². The van der Waals surface area contributed by atoms with E-state index in [-0.39, 0.29) is 0 Å². The summed E-state index contributed by atoms with van der Waals surface area (Å²) in [7, 11) is 0. The Morgan fingerprint density at radius 2 is 1.94 bits per heavy atom. The van der Waals surface area contributed by atoms with Gasteiger partial charge in [-0.2, -0.15) is 0 Å². The molecule has 0 spiro atoms. The first-order chi connectivity index (χ1) is 7.68. The molecule has 0 radical (unpaired) electrons. The Kier molecular flexibility index (Phi) is 3.91. The van der Waals surface area contributed by atoms with E-state index in [1.54, 1.807) is 0 Å². The second-order valence-corrected chi connectivity index (χ2v) is 6.33. The van der Waals surface area contributed by atoms with Crippen LogP contribution >= 0.6 is 0 Å². The molecule has 2 nitrogen and oxygen atoms in total. The highest BCUT2D eigenvalue weighted by Crippen LogP contribution is 2.51. The molecule has 94 valence electrons. The van der Waals surface area contributed by atoms with Crippen molar-refractivity contribution in [1.29, 1.82) is 0 Å². The minimum absolute atomic E-state index is 0.650. The Morgan fingerprint density at radius 3 is 2.50 bits per heavy atom. The highest BCUT2D eigenvalue weighted by atomic mass is 14.9. The van der Waals surface area contributed by atoms with Crippen LogP contribution < -0.4 is 11.1 Å². The predicted octanol–water partition coefficient (Wildman–Crippen LogP) is 2.39. The summed E-state index contributed by atoms with van der Waals surface area (Å²) < 4.78 is 0. The van der Waals surface area contributed by atoms with Gasteiger partial charge in [0, 0.05) is 6.54 Å². The second kappa shape index (κ2) is 5.05. The van der Waals surface area contributed by atoms with Crippen molar-refractivity contribution in [2.75, 3.05) is 19.6 Å². The summed E-state index contributed by atoms with van der Waals surface area (Å²) in [5, 5.41) is 3.72. The van der Waals surface area contributed by atoms with Gasteiger partial charge in [-0.3, -0.25) is 0 Å². The van der Waals surface area contributed by atoms with Gasteiger partial charge in [-0.15, -0.1) is 0 Å². The number of nitrogens with one attached hydrogen (secondary N) is 1. The third-order valence-corrected chi connectivity index (χ3v) is 5.12. The SMILES string of the molecule is CC(C)C1(CNCC2CCCC2CN)CC1. The van der Waals surface area contributed by atoms with Crippen molar-refractivity contribution in [2.45, 2.75) is 46.0 Å². The zero-order chi connectivity index (χ0) is 11.6. The van der Waals surface area contributed by atoms with E-state index in [1.807, 2.05) is 0 Å². The van der Waals surface area contributed by atoms with Crippen LogP contribution in [-0.2, 0) is 0 Å². The van der Waals surface area contributed by atoms with Gasteiger partial charge in [0.25, 0.3) is 0 Å². The lowest BCUT2D eigenvalue weighted by atomic mass is 9.91. The summed E-state index contributed by atoms with van der Waals surface area (Å²) in [4.78, 5) is 0. The molecule has 0 amide bonds. The molecule has 0 heterocycles. The minimum Gasteiger partial charge on any atom is -0.330 e. The molecule has 2 aliphatic rings. The van der Waals surface area contributed by atoms with Crippen molar-refractivity contribution in [3.05, 3.63) is 0 Å². The quantitative estimate of drug-likeness (QED) is 0.727. The fourth-order valence-corrected chi connectivity index (χ4v) is 3.32. The Bertz CT molecular complexity index is 221. The van der Waals surface area contributed by atoms with Crippen LogP contribution in [0.2, 0.25) is 0 Å². The maximum atomic E-state index is 5.81. The summed E-state index contributed by atoms with van der Waals surface area (Å²) >= 11 is 0. The fourth-order valence-electron chi connectivity index (χ4n) is 3.32. The number of hydrogen-bond acceptors (Lipinski definition) is 2. The van der Waals surface area contributed by atoms with E-state index in [4.69, 9.17) is 5.73 Å². The summed E-state index contributed by atoms with van der Waals surface area (Å²) in [5.41, 5.74) is 6.46. The molecule has 16 heavy (non-hydrogen) atoms. The van der Waals surface area contributed by atoms with Crippen LogP contribution in [0.15, 0.2) is 0 Å². The highest BCUT2D eigenvalue weighted by molar-refractivity contribution is 4.97. The Balaban J connectivity index is 1.68. The van der Waals surface area contributed by atoms with Gasteiger partial charge in [0.2, 0.25) is 0 Å². The topological polar surface area (TPSA) is 38.0 Å². The molecule has 0 aromatic heterocycles. The fraction of sp³-hybridized carbons (Fsp3) is 1.00. The van der Waals surface area contributed by atoms with Gasteiger partial charge in [0.05, 0.1) is 0 Å². The summed E-state index contributed by atoms with van der Waals surface area (Å²) in [6, 6.07) is 0. The summed E-state index contributed by atoms with van der Waals surface area (Å²) in [6.07, 6.45) is 7.01. The van der Waals surface area contributed by atoms with Gasteiger partial charge in [-0.25, -0.2) is 0 Å². The van der Waals surface area contributed by atoms with E-state index >= 15 is 0 Å². The van der Waals surface area contributed by atoms with Gasteiger partial charge in [-0.1, -0.05) is 20.3 Å². The zero-order valence-electron chi connectivity index (χ0n) is 11.0. The van der Waals surface area contributed by atoms with Crippen LogP contribution in [0.25, 0.3) is 0 Å². The van der Waals surface area contributed by atoms with Crippen LogP contribution in [0.3, 0.4) is 0 Å². The zero-order valence-corrected chi connectivity index (χ0v) is 11.0. The third kappa shape index (κ3) is 2.60. The maximum absolute atomic E-state index is 5.81. The summed E-state index contributed by atoms with van der Waals surface area (Å²) in [6.45, 7) is 8.07. The van der Waals surface area contributed by atoms with Crippen molar-refractivity contribution < 1.29 is 0 Å². The molecule has 0 aliphatic heterocycles. The normalized spacial score (nSPS) is 32.2. The largest absolute Gasteiger partial charge is 0.330 e. The molecule has 0 aromatic carbocycles. The molecule has 0 aromatic rings. The number of hydrogen-bond donors (Lipinski definition) is 2. The summed E-state index contributed by atoms with van der Waals surface area (Å²) in [5.74, 6) is 2.49. The Morgan fingerprint density at radius 1 is 1.25 bits per heavy atom. The average molecular weight is 224 g/mol. The van der Waals surface area contributed by atoms with E-state index in [1.165, 1.54) is 45.2 Å². The molecule has 2 unspecified atom stereocenters. The van der Waals surface area contributed by atoms with Crippen LogP contribution in [0.5, 0.6) is 0 Å². The van der Waals surface area contributed by atoms with Crippen molar-refractivity contribution in [3.8, 4) is 0 Å². The molecule has 2 saturated carbocycles. The Hall–Kier alpha value is -0.0800. The van der Waals surface area contributed by atoms with Crippen LogP contribution in [0, 0.1) is 23.2 Å². The van der Waals surface area contributed by atoms with E-state index < -0.39 is 0 Å². The van der Waals surface area contributed by atoms with Gasteiger partial charge in [0.15, 0.2) is 0 Å². The van der Waals surface area contributed by atoms with Crippen molar-refractivity contribution in [1.82, 2.24) is 5.32 Å². The van der Waals surface area contributed by atoms with Crippen molar-refractivity contribution >= 4 is 0 Å². The van der Waals surface area contributed by atoms with Crippen molar-refractivity contribution in [3.63, 3.8) is 0 Å². The molecule has 3 N–H and O–H groups in total. The van der Waals surface area contributed by atoms with Crippen LogP contribution in [0.1, 0.15) is 46.0 Å². The molecule has 2 heteroatoms. The minimum atomic E-state index is 0.650. The number of rotatable bonds is 6. The standard InChI is InChI=1S/C14H28N2/c1-11(2)14(6-7-14)10-16-9-13-5-3-4-12(13)8-15/h11-13,16H,3-10,15H2,1-2H3. The van der Waals surface area contributed by atoms with Gasteiger partial charge >= 0.3 is 0 Å². The molecule has 2 fully saturated rings. The molecular weight excluding hydrogens is 196 g/mol. The Labute approximate surface area is 100 Å². The number of nitrogens with two attached hydrogens (primary N) is 1. The monoisotopic (exact) mass is 224 g/mol. The van der Waals surface area contributed by atoms with E-state index in [0.717, 1.165) is 24.3 Å². The van der Waals surface area contributed by atoms with Gasteiger partial charge in [0.1, 0.15) is 0 Å². The first kappa shape index (κ1) is 12.4.